The molecule has 1 aliphatic rings. The Morgan fingerprint density at radius 1 is 1.50 bits per heavy atom. The molecule has 1 aromatic carbocycles. The van der Waals surface area contributed by atoms with Gasteiger partial charge in [-0.2, -0.15) is 0 Å². The van der Waals surface area contributed by atoms with Crippen LogP contribution in [0.25, 0.3) is 0 Å². The minimum Gasteiger partial charge on any atom is -0.466 e. The average molecular weight is 281 g/mol. The van der Waals surface area contributed by atoms with Gasteiger partial charge in [-0.1, -0.05) is 12.1 Å². The van der Waals surface area contributed by atoms with E-state index in [1.54, 1.807) is 23.5 Å². The molecule has 0 bridgehead atoms. The van der Waals surface area contributed by atoms with E-state index in [4.69, 9.17) is 4.74 Å². The van der Waals surface area contributed by atoms with E-state index in [0.717, 1.165) is 15.6 Å². The van der Waals surface area contributed by atoms with Gasteiger partial charge in [0.2, 0.25) is 0 Å². The number of thioether (sulfide) groups is 2. The molecule has 96 valence electrons. The van der Waals surface area contributed by atoms with Crippen LogP contribution in [-0.2, 0) is 9.53 Å². The first-order valence-corrected chi connectivity index (χ1v) is 7.89. The zero-order valence-electron chi connectivity index (χ0n) is 10.4. The first kappa shape index (κ1) is 13.5. The fraction of sp³-hybridized carbons (Fsp3) is 0.385. The highest BCUT2D eigenvalue weighted by molar-refractivity contribution is 8.16. The second-order valence-corrected chi connectivity index (χ2v) is 5.81. The molecule has 0 saturated carbocycles. The van der Waals surface area contributed by atoms with Crippen LogP contribution in [0.1, 0.15) is 13.3 Å². The van der Waals surface area contributed by atoms with Crippen molar-refractivity contribution in [3.05, 3.63) is 24.3 Å². The molecule has 3 nitrogen and oxygen atoms in total. The van der Waals surface area contributed by atoms with Crippen molar-refractivity contribution < 1.29 is 9.53 Å². The predicted molar refractivity (Wildman–Crippen MR) is 77.9 cm³/mol. The van der Waals surface area contributed by atoms with Gasteiger partial charge >= 0.3 is 5.97 Å². The van der Waals surface area contributed by atoms with Crippen molar-refractivity contribution in [3.8, 4) is 0 Å². The number of benzene rings is 1. The van der Waals surface area contributed by atoms with Crippen molar-refractivity contribution in [2.45, 2.75) is 23.5 Å². The number of hydrogen-bond acceptors (Lipinski definition) is 5. The summed E-state index contributed by atoms with van der Waals surface area (Å²) in [6.45, 7) is 2.25. The van der Waals surface area contributed by atoms with Crippen LogP contribution in [0, 0.1) is 0 Å². The number of nitrogens with zero attached hydrogens (tertiary/aromatic N) is 1. The summed E-state index contributed by atoms with van der Waals surface area (Å²) in [4.78, 5) is 17.3. The number of ether oxygens (including phenoxy) is 1. The minimum atomic E-state index is -0.156. The molecule has 1 unspecified atom stereocenters. The molecular weight excluding hydrogens is 266 g/mol. The second-order valence-electron chi connectivity index (χ2n) is 3.74. The second kappa shape index (κ2) is 6.29. The number of hydrogen-bond donors (Lipinski definition) is 0. The van der Waals surface area contributed by atoms with E-state index in [1.165, 1.54) is 0 Å². The topological polar surface area (TPSA) is 38.7 Å². The van der Waals surface area contributed by atoms with Gasteiger partial charge in [-0.25, -0.2) is 4.99 Å². The Morgan fingerprint density at radius 2 is 2.28 bits per heavy atom. The summed E-state index contributed by atoms with van der Waals surface area (Å²) in [5, 5.41) is 1.07. The average Bonchev–Trinajstić information content (AvgIpc) is 2.38. The maximum atomic E-state index is 11.6. The Hall–Kier alpha value is -0.940. The molecule has 0 spiro atoms. The van der Waals surface area contributed by atoms with Crippen molar-refractivity contribution in [2.75, 3.05) is 12.9 Å². The number of esters is 1. The first-order valence-electron chi connectivity index (χ1n) is 5.78. The maximum Gasteiger partial charge on any atom is 0.307 e. The van der Waals surface area contributed by atoms with Gasteiger partial charge in [0.15, 0.2) is 0 Å². The van der Waals surface area contributed by atoms with Gasteiger partial charge in [-0.15, -0.1) is 23.5 Å². The summed E-state index contributed by atoms with van der Waals surface area (Å²) in [5.41, 5.74) is 0.993. The van der Waals surface area contributed by atoms with Gasteiger partial charge in [0, 0.05) is 4.90 Å². The Morgan fingerprint density at radius 3 is 3.00 bits per heavy atom. The third-order valence-corrected chi connectivity index (χ3v) is 4.72. The molecule has 1 heterocycles. The smallest absolute Gasteiger partial charge is 0.307 e. The van der Waals surface area contributed by atoms with Crippen molar-refractivity contribution in [1.29, 1.82) is 0 Å². The van der Waals surface area contributed by atoms with Gasteiger partial charge in [0.05, 0.1) is 29.0 Å². The molecule has 1 atom stereocenters. The van der Waals surface area contributed by atoms with Gasteiger partial charge in [0.1, 0.15) is 0 Å². The van der Waals surface area contributed by atoms with Crippen LogP contribution >= 0.6 is 23.5 Å². The Bertz CT molecular complexity index is 474. The summed E-state index contributed by atoms with van der Waals surface area (Å²) >= 11 is 3.29. The lowest BCUT2D eigenvalue weighted by atomic mass is 10.3. The molecule has 0 saturated heterocycles. The monoisotopic (exact) mass is 281 g/mol. The van der Waals surface area contributed by atoms with Crippen LogP contribution in [0.5, 0.6) is 0 Å². The summed E-state index contributed by atoms with van der Waals surface area (Å²) in [7, 11) is 0. The lowest BCUT2D eigenvalue weighted by Gasteiger charge is -2.22. The molecule has 0 amide bonds. The molecule has 2 rings (SSSR count). The van der Waals surface area contributed by atoms with Crippen LogP contribution in [-0.4, -0.2) is 29.1 Å². The fourth-order valence-electron chi connectivity index (χ4n) is 1.72. The number of carbonyl (C=O) groups excluding carboxylic acids is 1. The fourth-order valence-corrected chi connectivity index (χ4v) is 3.76. The molecular formula is C13H15NO2S2. The van der Waals surface area contributed by atoms with Crippen molar-refractivity contribution in [3.63, 3.8) is 0 Å². The Kier molecular flexibility index (Phi) is 4.72. The van der Waals surface area contributed by atoms with Gasteiger partial charge < -0.3 is 4.74 Å². The lowest BCUT2D eigenvalue weighted by molar-refractivity contribution is -0.142. The molecule has 0 N–H and O–H groups in total. The van der Waals surface area contributed by atoms with E-state index >= 15 is 0 Å². The maximum absolute atomic E-state index is 11.6. The van der Waals surface area contributed by atoms with E-state index in [9.17, 15) is 4.79 Å². The van der Waals surface area contributed by atoms with E-state index in [-0.39, 0.29) is 11.2 Å². The molecule has 1 aromatic rings. The molecule has 1 aliphatic heterocycles. The van der Waals surface area contributed by atoms with Crippen LogP contribution < -0.4 is 0 Å². The first-order chi connectivity index (χ1) is 8.74. The highest BCUT2D eigenvalue weighted by Gasteiger charge is 2.26. The summed E-state index contributed by atoms with van der Waals surface area (Å²) in [6, 6.07) is 8.01. The summed E-state index contributed by atoms with van der Waals surface area (Å²) in [5.74, 6) is -0.156. The number of rotatable bonds is 3. The molecule has 18 heavy (non-hydrogen) atoms. The SMILES string of the molecule is CCOC(=O)CC1Sc2ccccc2N=C1SC. The van der Waals surface area contributed by atoms with Crippen LogP contribution in [0.2, 0.25) is 0 Å². The van der Waals surface area contributed by atoms with E-state index in [1.807, 2.05) is 37.4 Å². The predicted octanol–water partition coefficient (Wildman–Crippen LogP) is 3.51. The van der Waals surface area contributed by atoms with Crippen LogP contribution in [0.3, 0.4) is 0 Å². The summed E-state index contributed by atoms with van der Waals surface area (Å²) < 4.78 is 5.01. The number of carbonyl (C=O) groups is 1. The van der Waals surface area contributed by atoms with Gasteiger partial charge in [-0.3, -0.25) is 4.79 Å². The Balaban J connectivity index is 2.17. The zero-order chi connectivity index (χ0) is 13.0. The quantitative estimate of drug-likeness (QED) is 0.795. The number of fused-ring (bicyclic) bond motifs is 1. The molecule has 0 fully saturated rings. The minimum absolute atomic E-state index is 0.0777. The molecule has 0 aliphatic carbocycles. The Labute approximate surface area is 115 Å². The van der Waals surface area contributed by atoms with Crippen molar-refractivity contribution in [1.82, 2.24) is 0 Å². The van der Waals surface area contributed by atoms with Crippen LogP contribution in [0.4, 0.5) is 5.69 Å². The highest BCUT2D eigenvalue weighted by Crippen LogP contribution is 2.40. The number of aliphatic imine (C=N–C) groups is 1. The standard InChI is InChI=1S/C13H15NO2S2/c1-3-16-12(15)8-11-13(17-2)14-9-6-4-5-7-10(9)18-11/h4-7,11H,3,8H2,1-2H3. The van der Waals surface area contributed by atoms with Crippen molar-refractivity contribution in [2.24, 2.45) is 4.99 Å². The third kappa shape index (κ3) is 3.09. The van der Waals surface area contributed by atoms with Crippen molar-refractivity contribution >= 4 is 40.2 Å². The summed E-state index contributed by atoms with van der Waals surface area (Å²) in [6.07, 6.45) is 2.37. The van der Waals surface area contributed by atoms with E-state index in [2.05, 4.69) is 4.99 Å². The molecule has 0 radical (unpaired) electrons. The number of para-hydroxylation sites is 1. The lowest BCUT2D eigenvalue weighted by Crippen LogP contribution is -2.21. The largest absolute Gasteiger partial charge is 0.466 e. The van der Waals surface area contributed by atoms with Gasteiger partial charge in [0.25, 0.3) is 0 Å². The van der Waals surface area contributed by atoms with Gasteiger partial charge in [-0.05, 0) is 25.3 Å². The van der Waals surface area contributed by atoms with Crippen LogP contribution in [0.15, 0.2) is 34.2 Å². The molecule has 0 aromatic heterocycles. The van der Waals surface area contributed by atoms with E-state index in [0.29, 0.717) is 13.0 Å². The normalized spacial score (nSPS) is 17.9. The van der Waals surface area contributed by atoms with E-state index < -0.39 is 0 Å². The zero-order valence-corrected chi connectivity index (χ0v) is 12.0. The highest BCUT2D eigenvalue weighted by atomic mass is 32.2. The molecule has 5 heteroatoms. The third-order valence-electron chi connectivity index (χ3n) is 2.51.